The van der Waals surface area contributed by atoms with Gasteiger partial charge < -0.3 is 20.3 Å². The quantitative estimate of drug-likeness (QED) is 0.521. The molecule has 1 saturated carbocycles. The lowest BCUT2D eigenvalue weighted by Crippen LogP contribution is -2.57. The summed E-state index contributed by atoms with van der Waals surface area (Å²) < 4.78 is 5.42. The van der Waals surface area contributed by atoms with Gasteiger partial charge in [-0.25, -0.2) is 4.98 Å². The first kappa shape index (κ1) is 25.7. The van der Waals surface area contributed by atoms with Crippen LogP contribution in [-0.4, -0.2) is 83.1 Å². The minimum absolute atomic E-state index is 0.0360. The fourth-order valence-electron chi connectivity index (χ4n) is 6.69. The van der Waals surface area contributed by atoms with Gasteiger partial charge in [0.25, 0.3) is 0 Å². The average Bonchev–Trinajstić information content (AvgIpc) is 3.33. The molecule has 5 rings (SSSR count). The van der Waals surface area contributed by atoms with Crippen LogP contribution in [0.25, 0.3) is 10.6 Å². The summed E-state index contributed by atoms with van der Waals surface area (Å²) >= 11 is 1.66. The fraction of sp³-hybridized carbons (Fsp3) is 0.667. The molecule has 8 nitrogen and oxygen atoms in total. The number of hydrogen-bond acceptors (Lipinski definition) is 8. The van der Waals surface area contributed by atoms with Crippen molar-refractivity contribution in [2.75, 3.05) is 46.0 Å². The second kappa shape index (κ2) is 10.5. The summed E-state index contributed by atoms with van der Waals surface area (Å²) in [6, 6.07) is 3.93. The molecule has 196 valence electrons. The van der Waals surface area contributed by atoms with Crippen molar-refractivity contribution in [3.8, 4) is 10.6 Å². The van der Waals surface area contributed by atoms with Gasteiger partial charge in [0, 0.05) is 66.8 Å². The van der Waals surface area contributed by atoms with Gasteiger partial charge >= 0.3 is 0 Å². The number of aliphatic hydroxyl groups excluding tert-OH is 2. The van der Waals surface area contributed by atoms with Crippen molar-refractivity contribution in [3.05, 3.63) is 35.1 Å². The molecule has 3 heterocycles. The molecule has 3 N–H and O–H groups in total. The molecule has 0 spiro atoms. The first-order valence-electron chi connectivity index (χ1n) is 13.1. The number of aliphatic hydroxyl groups is 2. The first-order valence-corrected chi connectivity index (χ1v) is 13.9. The number of carbonyl (C=O) groups is 1. The number of fused-ring (bicyclic) bond motifs is 2. The fourth-order valence-corrected chi connectivity index (χ4v) is 7.85. The monoisotopic (exact) mass is 514 g/mol. The minimum Gasteiger partial charge on any atom is -0.396 e. The van der Waals surface area contributed by atoms with Crippen LogP contribution in [0.3, 0.4) is 0 Å². The van der Waals surface area contributed by atoms with Crippen molar-refractivity contribution < 1.29 is 19.7 Å². The van der Waals surface area contributed by atoms with E-state index in [1.165, 1.54) is 0 Å². The number of ether oxygens (including phenoxy) is 1. The highest BCUT2D eigenvalue weighted by Crippen LogP contribution is 2.62. The third-order valence-electron chi connectivity index (χ3n) is 9.05. The number of hydrogen-bond donors (Lipinski definition) is 3. The van der Waals surface area contributed by atoms with Crippen LogP contribution in [-0.2, 0) is 16.0 Å². The van der Waals surface area contributed by atoms with E-state index < -0.39 is 11.5 Å². The van der Waals surface area contributed by atoms with Crippen LogP contribution < -0.4 is 5.32 Å². The normalized spacial score (nSPS) is 32.5. The van der Waals surface area contributed by atoms with E-state index >= 15 is 0 Å². The third kappa shape index (κ3) is 4.72. The zero-order valence-electron chi connectivity index (χ0n) is 21.3. The number of carbonyl (C=O) groups excluding carboxylic acids is 1. The summed E-state index contributed by atoms with van der Waals surface area (Å²) in [6.45, 7) is 8.91. The highest BCUT2D eigenvalue weighted by molar-refractivity contribution is 7.15. The average molecular weight is 515 g/mol. The highest BCUT2D eigenvalue weighted by atomic mass is 32.1. The summed E-state index contributed by atoms with van der Waals surface area (Å²) in [5, 5.41) is 25.5. The van der Waals surface area contributed by atoms with Gasteiger partial charge in [-0.1, -0.05) is 13.8 Å². The van der Waals surface area contributed by atoms with Crippen LogP contribution in [0, 0.1) is 16.7 Å². The largest absolute Gasteiger partial charge is 0.396 e. The van der Waals surface area contributed by atoms with Crippen LogP contribution in [0.4, 0.5) is 0 Å². The Kier molecular flexibility index (Phi) is 7.47. The Labute approximate surface area is 217 Å². The van der Waals surface area contributed by atoms with Crippen molar-refractivity contribution in [2.45, 2.75) is 51.6 Å². The number of pyridine rings is 1. The summed E-state index contributed by atoms with van der Waals surface area (Å²) in [7, 11) is 0. The Bertz CT molecular complexity index is 1060. The Morgan fingerprint density at radius 3 is 2.86 bits per heavy atom. The lowest BCUT2D eigenvalue weighted by Gasteiger charge is -2.58. The molecule has 1 amide bonds. The van der Waals surface area contributed by atoms with Gasteiger partial charge in [0.15, 0.2) is 0 Å². The van der Waals surface area contributed by atoms with Gasteiger partial charge in [-0.05, 0) is 42.7 Å². The van der Waals surface area contributed by atoms with Gasteiger partial charge in [0.05, 0.1) is 31.6 Å². The predicted octanol–water partition coefficient (Wildman–Crippen LogP) is 2.46. The molecular weight excluding hydrogens is 476 g/mol. The summed E-state index contributed by atoms with van der Waals surface area (Å²) in [5.74, 6) is 0.0168. The molecule has 3 aliphatic rings. The van der Waals surface area contributed by atoms with Crippen LogP contribution in [0.1, 0.15) is 49.6 Å². The predicted molar refractivity (Wildman–Crippen MR) is 139 cm³/mol. The van der Waals surface area contributed by atoms with E-state index in [0.717, 1.165) is 66.8 Å². The van der Waals surface area contributed by atoms with Crippen molar-refractivity contribution >= 4 is 17.2 Å². The van der Waals surface area contributed by atoms with Gasteiger partial charge in [0.1, 0.15) is 5.01 Å². The molecule has 36 heavy (non-hydrogen) atoms. The zero-order chi connectivity index (χ0) is 25.3. The van der Waals surface area contributed by atoms with E-state index in [2.05, 4.69) is 22.1 Å². The smallest absolute Gasteiger partial charge is 0.220 e. The van der Waals surface area contributed by atoms with Crippen LogP contribution >= 0.6 is 11.3 Å². The molecule has 9 heteroatoms. The number of morpholine rings is 1. The molecule has 1 saturated heterocycles. The molecule has 5 unspecified atom stereocenters. The van der Waals surface area contributed by atoms with Crippen LogP contribution in [0.5, 0.6) is 0 Å². The maximum Gasteiger partial charge on any atom is 0.220 e. The molecular formula is C27H38N4O4S. The van der Waals surface area contributed by atoms with Crippen LogP contribution in [0.15, 0.2) is 24.5 Å². The van der Waals surface area contributed by atoms with E-state index in [-0.39, 0.29) is 29.8 Å². The maximum atomic E-state index is 13.3. The summed E-state index contributed by atoms with van der Waals surface area (Å²) in [4.78, 5) is 26.1. The SMILES string of the molecule is CC1(CO)C(O)CCC2(C)C(CC(=O)NCCN3CCOCC3)c3nc(-c4cccnc4)sc3CC12. The molecule has 2 aliphatic carbocycles. The van der Waals surface area contributed by atoms with E-state index in [1.807, 2.05) is 25.3 Å². The van der Waals surface area contributed by atoms with E-state index in [4.69, 9.17) is 9.72 Å². The lowest BCUT2D eigenvalue weighted by molar-refractivity contribution is -0.144. The van der Waals surface area contributed by atoms with Gasteiger partial charge in [-0.3, -0.25) is 14.7 Å². The van der Waals surface area contributed by atoms with Crippen molar-refractivity contribution in [3.63, 3.8) is 0 Å². The second-order valence-corrected chi connectivity index (χ2v) is 12.2. The number of aromatic nitrogens is 2. The zero-order valence-corrected chi connectivity index (χ0v) is 22.1. The van der Waals surface area contributed by atoms with E-state index in [9.17, 15) is 15.0 Å². The molecule has 1 aliphatic heterocycles. The van der Waals surface area contributed by atoms with Gasteiger partial charge in [0.2, 0.25) is 5.91 Å². The summed E-state index contributed by atoms with van der Waals surface area (Å²) in [6.07, 6.45) is 5.56. The Morgan fingerprint density at radius 1 is 1.33 bits per heavy atom. The number of thiazole rings is 1. The van der Waals surface area contributed by atoms with Crippen molar-refractivity contribution in [1.29, 1.82) is 0 Å². The topological polar surface area (TPSA) is 108 Å². The van der Waals surface area contributed by atoms with Crippen molar-refractivity contribution in [1.82, 2.24) is 20.2 Å². The maximum absolute atomic E-state index is 13.3. The van der Waals surface area contributed by atoms with E-state index in [0.29, 0.717) is 19.4 Å². The van der Waals surface area contributed by atoms with E-state index in [1.54, 1.807) is 17.5 Å². The minimum atomic E-state index is -0.617. The molecule has 2 aromatic heterocycles. The standard InChI is InChI=1S/C27H38N4O4S/c1-26-6-5-22(33)27(2,17-32)21(26)15-20-24(30-25(36-20)18-4-3-7-28-16-18)19(26)14-23(34)29-8-9-31-10-12-35-13-11-31/h3-4,7,16,19,21-22,32-33H,5-6,8-15,17H2,1-2H3,(H,29,34). The molecule has 0 aromatic carbocycles. The number of nitrogens with one attached hydrogen (secondary N) is 1. The first-order chi connectivity index (χ1) is 17.3. The summed E-state index contributed by atoms with van der Waals surface area (Å²) in [5.41, 5.74) is 1.13. The van der Waals surface area contributed by atoms with Gasteiger partial charge in [-0.2, -0.15) is 0 Å². The Hall–Kier alpha value is -1.91. The number of nitrogens with zero attached hydrogens (tertiary/aromatic N) is 3. The molecule has 0 bridgehead atoms. The molecule has 2 fully saturated rings. The van der Waals surface area contributed by atoms with Gasteiger partial charge in [-0.15, -0.1) is 11.3 Å². The number of amides is 1. The third-order valence-corrected chi connectivity index (χ3v) is 10.2. The second-order valence-electron chi connectivity index (χ2n) is 11.1. The van der Waals surface area contributed by atoms with Crippen molar-refractivity contribution in [2.24, 2.45) is 16.7 Å². The van der Waals surface area contributed by atoms with Crippen LogP contribution in [0.2, 0.25) is 0 Å². The lowest BCUT2D eigenvalue weighted by atomic mass is 9.47. The molecule has 0 radical (unpaired) electrons. The number of rotatable bonds is 7. The Morgan fingerprint density at radius 2 is 2.14 bits per heavy atom. The Balaban J connectivity index is 1.42. The highest BCUT2D eigenvalue weighted by Gasteiger charge is 2.59. The molecule has 2 aromatic rings. The molecule has 5 atom stereocenters.